The average Bonchev–Trinajstić information content (AvgIpc) is 2.40. The van der Waals surface area contributed by atoms with E-state index in [1.165, 1.54) is 13.1 Å². The second kappa shape index (κ2) is 5.71. The maximum atomic E-state index is 11.8. The van der Waals surface area contributed by atoms with E-state index in [4.69, 9.17) is 0 Å². The Labute approximate surface area is 118 Å². The highest BCUT2D eigenvalue weighted by atomic mass is 79.9. The summed E-state index contributed by atoms with van der Waals surface area (Å²) in [5.74, 6) is -0.0461. The van der Waals surface area contributed by atoms with E-state index >= 15 is 0 Å². The zero-order valence-corrected chi connectivity index (χ0v) is 11.6. The monoisotopic (exact) mass is 319 g/mol. The van der Waals surface area contributed by atoms with E-state index in [9.17, 15) is 9.59 Å². The molecule has 0 radical (unpaired) electrons. The van der Waals surface area contributed by atoms with Crippen LogP contribution in [0.15, 0.2) is 41.1 Å². The molecule has 5 nitrogen and oxygen atoms in total. The van der Waals surface area contributed by atoms with Crippen LogP contribution in [0.4, 0.5) is 5.82 Å². The number of nitrogens with one attached hydrogen (secondary N) is 1. The summed E-state index contributed by atoms with van der Waals surface area (Å²) >= 11 is 3.24. The number of halogens is 1. The maximum absolute atomic E-state index is 11.8. The molecule has 0 aliphatic carbocycles. The average molecular weight is 320 g/mol. The van der Waals surface area contributed by atoms with Crippen LogP contribution in [-0.4, -0.2) is 21.7 Å². The molecule has 19 heavy (non-hydrogen) atoms. The molecule has 0 fully saturated rings. The topological polar surface area (TPSA) is 72.0 Å². The minimum absolute atomic E-state index is 0.0695. The lowest BCUT2D eigenvalue weighted by atomic mass is 10.2. The van der Waals surface area contributed by atoms with Gasteiger partial charge in [-0.15, -0.1) is 0 Å². The standard InChI is InChI=1S/C13H10BrN3O2/c1-8(18)9-2-5-12(16-6-9)17-13(19)11-4-3-10(14)7-15-11/h2-7H,1H3,(H,16,17,19). The largest absolute Gasteiger partial charge is 0.305 e. The Kier molecular flexibility index (Phi) is 4.01. The number of pyridine rings is 2. The first kappa shape index (κ1) is 13.4. The molecule has 96 valence electrons. The van der Waals surface area contributed by atoms with Gasteiger partial charge >= 0.3 is 0 Å². The summed E-state index contributed by atoms with van der Waals surface area (Å²) in [6, 6.07) is 6.52. The van der Waals surface area contributed by atoms with Crippen LogP contribution in [0.25, 0.3) is 0 Å². The fourth-order valence-corrected chi connectivity index (χ4v) is 1.60. The molecule has 2 aromatic heterocycles. The van der Waals surface area contributed by atoms with E-state index < -0.39 is 0 Å². The van der Waals surface area contributed by atoms with Gasteiger partial charge in [-0.3, -0.25) is 9.59 Å². The minimum atomic E-state index is -0.351. The Morgan fingerprint density at radius 3 is 2.42 bits per heavy atom. The fourth-order valence-electron chi connectivity index (χ4n) is 1.37. The van der Waals surface area contributed by atoms with Gasteiger partial charge in [0, 0.05) is 22.4 Å². The van der Waals surface area contributed by atoms with E-state index in [-0.39, 0.29) is 11.7 Å². The Bertz CT molecular complexity index is 609. The molecule has 0 atom stereocenters. The molecule has 0 unspecified atom stereocenters. The van der Waals surface area contributed by atoms with Gasteiger partial charge in [-0.25, -0.2) is 9.97 Å². The summed E-state index contributed by atoms with van der Waals surface area (Å²) < 4.78 is 0.799. The van der Waals surface area contributed by atoms with Gasteiger partial charge in [0.15, 0.2) is 5.78 Å². The Morgan fingerprint density at radius 2 is 1.89 bits per heavy atom. The fraction of sp³-hybridized carbons (Fsp3) is 0.0769. The Morgan fingerprint density at radius 1 is 1.11 bits per heavy atom. The molecule has 0 saturated heterocycles. The first-order valence-electron chi connectivity index (χ1n) is 5.46. The van der Waals surface area contributed by atoms with Crippen molar-refractivity contribution in [1.29, 1.82) is 0 Å². The summed E-state index contributed by atoms with van der Waals surface area (Å²) in [7, 11) is 0. The third-order valence-corrected chi connectivity index (χ3v) is 2.84. The first-order chi connectivity index (χ1) is 9.06. The number of hydrogen-bond acceptors (Lipinski definition) is 4. The van der Waals surface area contributed by atoms with Crippen molar-refractivity contribution in [3.8, 4) is 0 Å². The van der Waals surface area contributed by atoms with Crippen LogP contribution >= 0.6 is 15.9 Å². The highest BCUT2D eigenvalue weighted by Gasteiger charge is 2.08. The lowest BCUT2D eigenvalue weighted by molar-refractivity contribution is 0.101. The number of ketones is 1. The number of aromatic nitrogens is 2. The van der Waals surface area contributed by atoms with Crippen LogP contribution in [0.2, 0.25) is 0 Å². The van der Waals surface area contributed by atoms with Gasteiger partial charge in [-0.05, 0) is 47.1 Å². The van der Waals surface area contributed by atoms with Gasteiger partial charge in [-0.1, -0.05) is 0 Å². The van der Waals surface area contributed by atoms with Crippen molar-refractivity contribution in [2.75, 3.05) is 5.32 Å². The molecule has 1 N–H and O–H groups in total. The molecule has 0 aliphatic rings. The van der Waals surface area contributed by atoms with Gasteiger partial charge in [0.25, 0.3) is 5.91 Å². The molecule has 0 aromatic carbocycles. The van der Waals surface area contributed by atoms with Crippen LogP contribution in [0, 0.1) is 0 Å². The quantitative estimate of drug-likeness (QED) is 0.883. The second-order valence-corrected chi connectivity index (χ2v) is 4.72. The number of carbonyl (C=O) groups excluding carboxylic acids is 2. The van der Waals surface area contributed by atoms with E-state index in [1.807, 2.05) is 0 Å². The van der Waals surface area contributed by atoms with Gasteiger partial charge in [-0.2, -0.15) is 0 Å². The Balaban J connectivity index is 2.10. The van der Waals surface area contributed by atoms with Crippen LogP contribution in [0.1, 0.15) is 27.8 Å². The lowest BCUT2D eigenvalue weighted by Crippen LogP contribution is -2.14. The molecule has 2 heterocycles. The Hall–Kier alpha value is -2.08. The summed E-state index contributed by atoms with van der Waals surface area (Å²) in [4.78, 5) is 30.9. The van der Waals surface area contributed by atoms with Crippen molar-refractivity contribution >= 4 is 33.4 Å². The van der Waals surface area contributed by atoms with Crippen molar-refractivity contribution in [1.82, 2.24) is 9.97 Å². The molecule has 2 aromatic rings. The highest BCUT2D eigenvalue weighted by Crippen LogP contribution is 2.10. The predicted octanol–water partition coefficient (Wildman–Crippen LogP) is 2.69. The summed E-state index contributed by atoms with van der Waals surface area (Å²) in [6.45, 7) is 1.46. The van der Waals surface area contributed by atoms with Gasteiger partial charge in [0.2, 0.25) is 0 Å². The van der Waals surface area contributed by atoms with Crippen molar-refractivity contribution in [2.45, 2.75) is 6.92 Å². The van der Waals surface area contributed by atoms with Gasteiger partial charge in [0.05, 0.1) is 0 Å². The number of carbonyl (C=O) groups is 2. The zero-order chi connectivity index (χ0) is 13.8. The van der Waals surface area contributed by atoms with Crippen molar-refractivity contribution in [2.24, 2.45) is 0 Å². The van der Waals surface area contributed by atoms with E-state index in [0.29, 0.717) is 17.1 Å². The number of rotatable bonds is 3. The number of Topliss-reactive ketones (excluding diaryl/α,β-unsaturated/α-hetero) is 1. The smallest absolute Gasteiger partial charge is 0.275 e. The van der Waals surface area contributed by atoms with Crippen LogP contribution in [-0.2, 0) is 0 Å². The number of hydrogen-bond donors (Lipinski definition) is 1. The van der Waals surface area contributed by atoms with Crippen LogP contribution < -0.4 is 5.32 Å². The third kappa shape index (κ3) is 3.45. The van der Waals surface area contributed by atoms with Gasteiger partial charge in [0.1, 0.15) is 11.5 Å². The number of anilines is 1. The molecule has 2 rings (SSSR count). The molecular weight excluding hydrogens is 310 g/mol. The molecule has 6 heteroatoms. The van der Waals surface area contributed by atoms with Crippen molar-refractivity contribution in [3.05, 3.63) is 52.4 Å². The summed E-state index contributed by atoms with van der Waals surface area (Å²) in [5.41, 5.74) is 0.792. The maximum Gasteiger partial charge on any atom is 0.275 e. The molecular formula is C13H10BrN3O2. The van der Waals surface area contributed by atoms with E-state index in [2.05, 4.69) is 31.2 Å². The van der Waals surface area contributed by atoms with E-state index in [1.54, 1.807) is 30.5 Å². The van der Waals surface area contributed by atoms with Crippen molar-refractivity contribution < 1.29 is 9.59 Å². The predicted molar refractivity (Wildman–Crippen MR) is 74.1 cm³/mol. The van der Waals surface area contributed by atoms with Gasteiger partial charge < -0.3 is 5.32 Å². The summed E-state index contributed by atoms with van der Waals surface area (Å²) in [6.07, 6.45) is 2.97. The molecule has 0 spiro atoms. The number of amides is 1. The zero-order valence-electron chi connectivity index (χ0n) is 10.1. The SMILES string of the molecule is CC(=O)c1ccc(NC(=O)c2ccc(Br)cn2)nc1. The lowest BCUT2D eigenvalue weighted by Gasteiger charge is -2.04. The number of nitrogens with zero attached hydrogens (tertiary/aromatic N) is 2. The first-order valence-corrected chi connectivity index (χ1v) is 6.25. The normalized spacial score (nSPS) is 10.0. The van der Waals surface area contributed by atoms with Crippen LogP contribution in [0.3, 0.4) is 0 Å². The second-order valence-electron chi connectivity index (χ2n) is 3.80. The molecule has 0 bridgehead atoms. The third-order valence-electron chi connectivity index (χ3n) is 2.37. The van der Waals surface area contributed by atoms with Crippen LogP contribution in [0.5, 0.6) is 0 Å². The molecule has 0 saturated carbocycles. The minimum Gasteiger partial charge on any atom is -0.305 e. The van der Waals surface area contributed by atoms with E-state index in [0.717, 1.165) is 4.47 Å². The molecule has 0 aliphatic heterocycles. The summed E-state index contributed by atoms with van der Waals surface area (Å²) in [5, 5.41) is 2.60. The molecule has 1 amide bonds. The highest BCUT2D eigenvalue weighted by molar-refractivity contribution is 9.10. The van der Waals surface area contributed by atoms with Crippen molar-refractivity contribution in [3.63, 3.8) is 0 Å².